The predicted molar refractivity (Wildman–Crippen MR) is 127 cm³/mol. The molecule has 2 aliphatic heterocycles. The van der Waals surface area contributed by atoms with Gasteiger partial charge in [-0.05, 0) is 51.5 Å². The van der Waals surface area contributed by atoms with E-state index in [0.29, 0.717) is 17.9 Å². The predicted octanol–water partition coefficient (Wildman–Crippen LogP) is 7.02. The highest BCUT2D eigenvalue weighted by atomic mass is 15.0. The molecule has 4 aliphatic rings. The van der Waals surface area contributed by atoms with Crippen molar-refractivity contribution in [3.8, 4) is 0 Å². The number of hydrogen-bond acceptors (Lipinski definition) is 1. The van der Waals surface area contributed by atoms with Gasteiger partial charge in [0.05, 0.1) is 0 Å². The first-order valence-electron chi connectivity index (χ1n) is 11.4. The lowest BCUT2D eigenvalue weighted by Crippen LogP contribution is -2.49. The van der Waals surface area contributed by atoms with Crippen LogP contribution in [0.1, 0.15) is 64.2 Å². The van der Waals surface area contributed by atoms with E-state index in [1.54, 1.807) is 0 Å². The molecule has 2 bridgehead atoms. The summed E-state index contributed by atoms with van der Waals surface area (Å²) in [7, 11) is 0. The molecule has 0 radical (unpaired) electrons. The average molecular weight is 394 g/mol. The molecule has 0 aromatic heterocycles. The van der Waals surface area contributed by atoms with Crippen LogP contribution in [0.2, 0.25) is 0 Å². The van der Waals surface area contributed by atoms with E-state index >= 15 is 0 Å². The van der Waals surface area contributed by atoms with Crippen LogP contribution in [-0.2, 0) is 5.41 Å². The highest BCUT2D eigenvalue weighted by Crippen LogP contribution is 2.57. The van der Waals surface area contributed by atoms with Crippen LogP contribution in [0.4, 0.5) is 0 Å². The Bertz CT molecular complexity index is 1250. The normalized spacial score (nSPS) is 30.1. The molecule has 2 heterocycles. The Hall–Kier alpha value is -2.54. The Balaban J connectivity index is 1.78. The summed E-state index contributed by atoms with van der Waals surface area (Å²) >= 11 is 0. The lowest BCUT2D eigenvalue weighted by molar-refractivity contribution is 0.316. The quantitative estimate of drug-likeness (QED) is 0.549. The standard InChI is InChI=1S/C29H31N/c1-16(2)19-10-8-14-29(6)22(19)15-23-26-25-20(17(3)27(29)30-26)13-12-18-9-7-11-21(24(18)25)28(23,4)5/h7-17,27,30H,1-6H3. The lowest BCUT2D eigenvalue weighted by atomic mass is 9.63. The van der Waals surface area contributed by atoms with Gasteiger partial charge < -0.3 is 5.32 Å². The minimum Gasteiger partial charge on any atom is -0.380 e. The van der Waals surface area contributed by atoms with Crippen LogP contribution in [0.15, 0.2) is 71.4 Å². The van der Waals surface area contributed by atoms with Gasteiger partial charge in [0.25, 0.3) is 0 Å². The molecule has 2 aromatic rings. The van der Waals surface area contributed by atoms with Crippen LogP contribution in [0, 0.1) is 11.3 Å². The van der Waals surface area contributed by atoms with Gasteiger partial charge >= 0.3 is 0 Å². The lowest BCUT2D eigenvalue weighted by Gasteiger charge is -2.47. The summed E-state index contributed by atoms with van der Waals surface area (Å²) in [5, 5.41) is 6.93. The zero-order valence-electron chi connectivity index (χ0n) is 18.9. The molecule has 152 valence electrons. The molecule has 3 atom stereocenters. The van der Waals surface area contributed by atoms with E-state index in [2.05, 4.69) is 101 Å². The fourth-order valence-electron chi connectivity index (χ4n) is 6.69. The molecule has 0 saturated carbocycles. The van der Waals surface area contributed by atoms with Crippen molar-refractivity contribution in [3.05, 3.63) is 88.0 Å². The van der Waals surface area contributed by atoms with Gasteiger partial charge in [-0.15, -0.1) is 0 Å². The Kier molecular flexibility index (Phi) is 3.39. The highest BCUT2D eigenvalue weighted by Gasteiger charge is 2.50. The molecular formula is C29H31N. The second-order valence-corrected chi connectivity index (χ2v) is 10.7. The van der Waals surface area contributed by atoms with Crippen LogP contribution in [0.25, 0.3) is 16.5 Å². The van der Waals surface area contributed by atoms with Gasteiger partial charge in [0.1, 0.15) is 0 Å². The largest absolute Gasteiger partial charge is 0.380 e. The first-order chi connectivity index (χ1) is 14.2. The molecule has 0 amide bonds. The maximum Gasteiger partial charge on any atom is 0.0467 e. The van der Waals surface area contributed by atoms with Crippen LogP contribution < -0.4 is 5.32 Å². The van der Waals surface area contributed by atoms with E-state index in [-0.39, 0.29) is 10.8 Å². The van der Waals surface area contributed by atoms with Gasteiger partial charge in [0.2, 0.25) is 0 Å². The van der Waals surface area contributed by atoms with Crippen molar-refractivity contribution >= 4 is 16.5 Å². The van der Waals surface area contributed by atoms with Gasteiger partial charge in [-0.3, -0.25) is 0 Å². The van der Waals surface area contributed by atoms with Crippen molar-refractivity contribution < 1.29 is 0 Å². The van der Waals surface area contributed by atoms with Crippen LogP contribution in [0.5, 0.6) is 0 Å². The molecule has 1 N–H and O–H groups in total. The first kappa shape index (κ1) is 18.2. The summed E-state index contributed by atoms with van der Waals surface area (Å²) in [5.41, 5.74) is 10.2. The van der Waals surface area contributed by atoms with Gasteiger partial charge in [0.15, 0.2) is 0 Å². The Labute approximate surface area is 180 Å². The smallest absolute Gasteiger partial charge is 0.0467 e. The Morgan fingerprint density at radius 1 is 1.03 bits per heavy atom. The van der Waals surface area contributed by atoms with Crippen molar-refractivity contribution in [1.29, 1.82) is 0 Å². The van der Waals surface area contributed by atoms with E-state index in [4.69, 9.17) is 0 Å². The van der Waals surface area contributed by atoms with E-state index in [9.17, 15) is 0 Å². The van der Waals surface area contributed by atoms with Crippen LogP contribution >= 0.6 is 0 Å². The highest BCUT2D eigenvalue weighted by molar-refractivity contribution is 6.03. The number of fused-ring (bicyclic) bond motifs is 3. The third kappa shape index (κ3) is 1.99. The fraction of sp³-hybridized carbons (Fsp3) is 0.379. The minimum atomic E-state index is -0.0416. The molecule has 0 spiro atoms. The zero-order valence-corrected chi connectivity index (χ0v) is 18.9. The number of benzene rings is 2. The maximum absolute atomic E-state index is 4.11. The third-order valence-electron chi connectivity index (χ3n) is 8.40. The molecule has 30 heavy (non-hydrogen) atoms. The number of hydrogen-bond donors (Lipinski definition) is 1. The van der Waals surface area contributed by atoms with E-state index in [0.717, 1.165) is 0 Å². The fourth-order valence-corrected chi connectivity index (χ4v) is 6.69. The number of allylic oxidation sites excluding steroid dienone is 5. The van der Waals surface area contributed by atoms with Crippen molar-refractivity contribution in [3.63, 3.8) is 0 Å². The summed E-state index contributed by atoms with van der Waals surface area (Å²) in [6.07, 6.45) is 9.65. The summed E-state index contributed by atoms with van der Waals surface area (Å²) in [5.74, 6) is 0.943. The van der Waals surface area contributed by atoms with Gasteiger partial charge in [0, 0.05) is 34.1 Å². The van der Waals surface area contributed by atoms with Crippen molar-refractivity contribution in [1.82, 2.24) is 5.32 Å². The molecular weight excluding hydrogens is 362 g/mol. The number of rotatable bonds is 1. The van der Waals surface area contributed by atoms with Gasteiger partial charge in [-0.25, -0.2) is 0 Å². The van der Waals surface area contributed by atoms with E-state index in [1.807, 2.05) is 0 Å². The third-order valence-corrected chi connectivity index (χ3v) is 8.40. The topological polar surface area (TPSA) is 12.0 Å². The summed E-state index contributed by atoms with van der Waals surface area (Å²) < 4.78 is 0. The molecule has 0 saturated heterocycles. The van der Waals surface area contributed by atoms with Crippen LogP contribution in [-0.4, -0.2) is 6.04 Å². The molecule has 3 unspecified atom stereocenters. The second kappa shape index (κ2) is 5.58. The second-order valence-electron chi connectivity index (χ2n) is 10.7. The Morgan fingerprint density at radius 2 is 1.83 bits per heavy atom. The molecule has 1 heteroatoms. The number of nitrogens with one attached hydrogen (secondary N) is 1. The van der Waals surface area contributed by atoms with Gasteiger partial charge in [-0.2, -0.15) is 0 Å². The van der Waals surface area contributed by atoms with Crippen molar-refractivity contribution in [2.75, 3.05) is 0 Å². The summed E-state index contributed by atoms with van der Waals surface area (Å²) in [6.45, 7) is 14.3. The summed E-state index contributed by atoms with van der Waals surface area (Å²) in [6, 6.07) is 12.0. The van der Waals surface area contributed by atoms with Gasteiger partial charge in [-0.1, -0.05) is 89.3 Å². The molecule has 1 nitrogen and oxygen atoms in total. The molecule has 2 aromatic carbocycles. The first-order valence-corrected chi connectivity index (χ1v) is 11.4. The minimum absolute atomic E-state index is 0.0278. The monoisotopic (exact) mass is 393 g/mol. The SMILES string of the molecule is CC(C)C1=CC=CC2(C)C1=CC1=C3NC2C(C)c2ccc4cccc(c4c23)C1(C)C. The van der Waals surface area contributed by atoms with E-state index < -0.39 is 0 Å². The summed E-state index contributed by atoms with van der Waals surface area (Å²) in [4.78, 5) is 0. The van der Waals surface area contributed by atoms with Crippen molar-refractivity contribution in [2.24, 2.45) is 11.3 Å². The molecule has 0 fully saturated rings. The van der Waals surface area contributed by atoms with Crippen molar-refractivity contribution in [2.45, 2.75) is 58.9 Å². The average Bonchev–Trinajstić information content (AvgIpc) is 2.84. The molecule has 2 aliphatic carbocycles. The molecule has 6 rings (SSSR count). The van der Waals surface area contributed by atoms with Crippen LogP contribution in [0.3, 0.4) is 0 Å². The van der Waals surface area contributed by atoms with E-state index in [1.165, 1.54) is 49.9 Å². The zero-order chi connectivity index (χ0) is 21.0. The maximum atomic E-state index is 4.11. The Morgan fingerprint density at radius 3 is 2.60 bits per heavy atom.